The fourth-order valence-electron chi connectivity index (χ4n) is 1.93. The molecule has 0 aliphatic carbocycles. The van der Waals surface area contributed by atoms with Crippen LogP contribution in [0.4, 0.5) is 0 Å². The second kappa shape index (κ2) is 6.99. The Morgan fingerprint density at radius 3 is 3.05 bits per heavy atom. The Kier molecular flexibility index (Phi) is 5.05. The van der Waals surface area contributed by atoms with Crippen molar-refractivity contribution in [2.45, 2.75) is 19.8 Å². The highest BCUT2D eigenvalue weighted by Gasteiger charge is 2.26. The molecule has 0 saturated carbocycles. The Hall–Kier alpha value is -2.21. The first kappa shape index (κ1) is 15.2. The highest BCUT2D eigenvalue weighted by molar-refractivity contribution is 6.30. The first-order chi connectivity index (χ1) is 10.1. The van der Waals surface area contributed by atoms with Crippen LogP contribution in [0.25, 0.3) is 0 Å². The molecule has 0 saturated heterocycles. The molecule has 1 heterocycles. The van der Waals surface area contributed by atoms with E-state index in [1.54, 1.807) is 25.1 Å². The summed E-state index contributed by atoms with van der Waals surface area (Å²) in [5.74, 6) is -0.740. The monoisotopic (exact) mass is 306 g/mol. The van der Waals surface area contributed by atoms with Gasteiger partial charge in [0.05, 0.1) is 12.1 Å². The summed E-state index contributed by atoms with van der Waals surface area (Å²) in [7, 11) is 0. The third-order valence-electron chi connectivity index (χ3n) is 3.07. The fraction of sp³-hybridized carbons (Fsp3) is 0.286. The second-order valence-electron chi connectivity index (χ2n) is 4.67. The molecule has 110 valence electrons. The number of halogens is 1. The van der Waals surface area contributed by atoms with E-state index in [0.29, 0.717) is 17.2 Å². The van der Waals surface area contributed by atoms with Crippen LogP contribution in [0.15, 0.2) is 34.5 Å². The molecule has 6 nitrogen and oxygen atoms in total. The molecule has 0 aromatic heterocycles. The minimum Gasteiger partial charge on any atom is -0.273 e. The lowest BCUT2D eigenvalue weighted by Crippen LogP contribution is -2.25. The van der Waals surface area contributed by atoms with E-state index >= 15 is 0 Å². The molecule has 0 radical (unpaired) electrons. The van der Waals surface area contributed by atoms with E-state index in [4.69, 9.17) is 11.6 Å². The Morgan fingerprint density at radius 1 is 1.57 bits per heavy atom. The second-order valence-corrected chi connectivity index (χ2v) is 5.11. The number of nitrogens with one attached hydrogen (secondary N) is 2. The van der Waals surface area contributed by atoms with Gasteiger partial charge in [-0.2, -0.15) is 10.2 Å². The van der Waals surface area contributed by atoms with Crippen molar-refractivity contribution in [3.63, 3.8) is 0 Å². The Bertz CT molecular complexity index is 613. The summed E-state index contributed by atoms with van der Waals surface area (Å²) in [5.41, 5.74) is 6.30. The van der Waals surface area contributed by atoms with Gasteiger partial charge < -0.3 is 0 Å². The van der Waals surface area contributed by atoms with Crippen LogP contribution < -0.4 is 10.9 Å². The van der Waals surface area contributed by atoms with Crippen LogP contribution in [-0.2, 0) is 9.59 Å². The molecule has 7 heteroatoms. The highest BCUT2D eigenvalue weighted by atomic mass is 35.5. The van der Waals surface area contributed by atoms with Crippen LogP contribution in [-0.4, -0.2) is 23.7 Å². The van der Waals surface area contributed by atoms with Crippen molar-refractivity contribution in [2.75, 3.05) is 0 Å². The van der Waals surface area contributed by atoms with Crippen LogP contribution in [0, 0.1) is 5.92 Å². The smallest absolute Gasteiger partial charge is 0.248 e. The molecule has 0 bridgehead atoms. The fourth-order valence-corrected chi connectivity index (χ4v) is 2.12. The maximum Gasteiger partial charge on any atom is 0.248 e. The summed E-state index contributed by atoms with van der Waals surface area (Å²) < 4.78 is 0. The van der Waals surface area contributed by atoms with Gasteiger partial charge in [0.1, 0.15) is 0 Å². The summed E-state index contributed by atoms with van der Waals surface area (Å²) in [4.78, 5) is 23.1. The minimum atomic E-state index is -0.326. The third kappa shape index (κ3) is 4.39. The first-order valence-electron chi connectivity index (χ1n) is 6.48. The SMILES string of the molecule is CC1=NNC(=O)C1CCC(=O)N/N=C/c1cccc(Cl)c1. The van der Waals surface area contributed by atoms with Crippen molar-refractivity contribution in [1.82, 2.24) is 10.9 Å². The summed E-state index contributed by atoms with van der Waals surface area (Å²) in [6.45, 7) is 1.76. The van der Waals surface area contributed by atoms with Crippen molar-refractivity contribution >= 4 is 35.3 Å². The van der Waals surface area contributed by atoms with E-state index in [-0.39, 0.29) is 24.2 Å². The molecule has 21 heavy (non-hydrogen) atoms. The van der Waals surface area contributed by atoms with Gasteiger partial charge in [0.15, 0.2) is 0 Å². The summed E-state index contributed by atoms with van der Waals surface area (Å²) >= 11 is 5.84. The molecule has 2 rings (SSSR count). The minimum absolute atomic E-state index is 0.164. The standard InChI is InChI=1S/C14H15ClN4O2/c1-9-12(14(21)19-17-9)5-6-13(20)18-16-8-10-3-2-4-11(15)7-10/h2-4,7-8,12H,5-6H2,1H3,(H,18,20)(H,19,21)/b16-8+. The van der Waals surface area contributed by atoms with Gasteiger partial charge in [0.2, 0.25) is 11.8 Å². The predicted molar refractivity (Wildman–Crippen MR) is 81.2 cm³/mol. The molecule has 1 aromatic carbocycles. The summed E-state index contributed by atoms with van der Waals surface area (Å²) in [5, 5.41) is 8.29. The third-order valence-corrected chi connectivity index (χ3v) is 3.31. The maximum absolute atomic E-state index is 11.6. The van der Waals surface area contributed by atoms with Crippen molar-refractivity contribution in [2.24, 2.45) is 16.1 Å². The largest absolute Gasteiger partial charge is 0.273 e. The lowest BCUT2D eigenvalue weighted by molar-refractivity contribution is -0.123. The zero-order valence-corrected chi connectivity index (χ0v) is 12.2. The Morgan fingerprint density at radius 2 is 2.38 bits per heavy atom. The lowest BCUT2D eigenvalue weighted by Gasteiger charge is -2.06. The predicted octanol–water partition coefficient (Wildman–Crippen LogP) is 1.69. The van der Waals surface area contributed by atoms with Crippen molar-refractivity contribution in [3.05, 3.63) is 34.9 Å². The average Bonchev–Trinajstić information content (AvgIpc) is 2.76. The molecule has 0 spiro atoms. The Labute approximate surface area is 127 Å². The van der Waals surface area contributed by atoms with Gasteiger partial charge >= 0.3 is 0 Å². The molecule has 1 aromatic rings. The molecular weight excluding hydrogens is 292 g/mol. The van der Waals surface area contributed by atoms with E-state index in [1.165, 1.54) is 6.21 Å². The van der Waals surface area contributed by atoms with Crippen molar-refractivity contribution in [3.8, 4) is 0 Å². The van der Waals surface area contributed by atoms with Crippen LogP contribution in [0.1, 0.15) is 25.3 Å². The van der Waals surface area contributed by atoms with Gasteiger partial charge in [0.25, 0.3) is 0 Å². The number of hydrazone groups is 2. The Balaban J connectivity index is 1.77. The number of carbonyl (C=O) groups is 2. The van der Waals surface area contributed by atoms with Gasteiger partial charge in [-0.1, -0.05) is 23.7 Å². The van der Waals surface area contributed by atoms with Crippen LogP contribution in [0.2, 0.25) is 5.02 Å². The summed E-state index contributed by atoms with van der Waals surface area (Å²) in [6, 6.07) is 7.12. The lowest BCUT2D eigenvalue weighted by atomic mass is 9.99. The molecule has 0 fully saturated rings. The molecule has 2 amide bonds. The van der Waals surface area contributed by atoms with E-state index in [9.17, 15) is 9.59 Å². The quantitative estimate of drug-likeness (QED) is 0.641. The first-order valence-corrected chi connectivity index (χ1v) is 6.85. The van der Waals surface area contributed by atoms with E-state index < -0.39 is 0 Å². The average molecular weight is 307 g/mol. The molecule has 1 unspecified atom stereocenters. The molecule has 2 N–H and O–H groups in total. The zero-order valence-electron chi connectivity index (χ0n) is 11.5. The number of carbonyl (C=O) groups excluding carboxylic acids is 2. The van der Waals surface area contributed by atoms with Gasteiger partial charge in [-0.3, -0.25) is 9.59 Å². The van der Waals surface area contributed by atoms with E-state index in [1.807, 2.05) is 6.07 Å². The number of amides is 2. The van der Waals surface area contributed by atoms with Crippen LogP contribution in [0.3, 0.4) is 0 Å². The molecular formula is C14H15ClN4O2. The van der Waals surface area contributed by atoms with Crippen molar-refractivity contribution in [1.29, 1.82) is 0 Å². The normalized spacial score (nSPS) is 17.7. The van der Waals surface area contributed by atoms with Gasteiger partial charge in [-0.25, -0.2) is 10.9 Å². The maximum atomic E-state index is 11.6. The van der Waals surface area contributed by atoms with Gasteiger partial charge in [-0.05, 0) is 31.0 Å². The van der Waals surface area contributed by atoms with Crippen molar-refractivity contribution < 1.29 is 9.59 Å². The van der Waals surface area contributed by atoms with Crippen LogP contribution >= 0.6 is 11.6 Å². The highest BCUT2D eigenvalue weighted by Crippen LogP contribution is 2.13. The van der Waals surface area contributed by atoms with E-state index in [2.05, 4.69) is 21.1 Å². The van der Waals surface area contributed by atoms with Gasteiger partial charge in [0, 0.05) is 17.2 Å². The number of hydrogen-bond acceptors (Lipinski definition) is 4. The number of hydrogen-bond donors (Lipinski definition) is 2. The molecule has 1 aliphatic heterocycles. The number of nitrogens with zero attached hydrogens (tertiary/aromatic N) is 2. The molecule has 1 atom stereocenters. The molecule has 1 aliphatic rings. The topological polar surface area (TPSA) is 82.9 Å². The zero-order chi connectivity index (χ0) is 15.2. The van der Waals surface area contributed by atoms with Crippen LogP contribution in [0.5, 0.6) is 0 Å². The summed E-state index contributed by atoms with van der Waals surface area (Å²) in [6.07, 6.45) is 2.14. The van der Waals surface area contributed by atoms with E-state index in [0.717, 1.165) is 5.56 Å². The number of benzene rings is 1. The van der Waals surface area contributed by atoms with Gasteiger partial charge in [-0.15, -0.1) is 0 Å². The number of rotatable bonds is 5.